The summed E-state index contributed by atoms with van der Waals surface area (Å²) in [5.41, 5.74) is 5.48. The molecule has 3 N–H and O–H groups in total. The minimum absolute atomic E-state index is 0.0273. The Labute approximate surface area is 99.6 Å². The molecule has 0 spiro atoms. The van der Waals surface area contributed by atoms with E-state index >= 15 is 0 Å². The number of nitrogens with two attached hydrogens (primary N) is 1. The number of nitrogens with one attached hydrogen (secondary N) is 1. The molecule has 0 aromatic rings. The molecule has 0 radical (unpaired) electrons. The Hall–Kier alpha value is -0.170. The van der Waals surface area contributed by atoms with Crippen molar-refractivity contribution in [2.45, 2.75) is 39.7 Å². The van der Waals surface area contributed by atoms with Crippen LogP contribution in [0.2, 0.25) is 0 Å². The summed E-state index contributed by atoms with van der Waals surface area (Å²) < 4.78 is 27.3. The highest BCUT2D eigenvalue weighted by atomic mass is 32.2. The van der Waals surface area contributed by atoms with E-state index in [0.717, 1.165) is 12.8 Å². The lowest BCUT2D eigenvalue weighted by molar-refractivity contribution is 0.400. The summed E-state index contributed by atoms with van der Waals surface area (Å²) in [6.45, 7) is 6.88. The Morgan fingerprint density at radius 3 is 2.31 bits per heavy atom. The van der Waals surface area contributed by atoms with Gasteiger partial charge in [-0.3, -0.25) is 0 Å². The van der Waals surface area contributed by atoms with E-state index in [0.29, 0.717) is 19.0 Å². The SMILES string of the molecule is CC(CN)CCCNS(=O)(=O)N(C)C(C)C. The summed E-state index contributed by atoms with van der Waals surface area (Å²) in [7, 11) is -1.73. The molecule has 16 heavy (non-hydrogen) atoms. The summed E-state index contributed by atoms with van der Waals surface area (Å²) >= 11 is 0. The maximum Gasteiger partial charge on any atom is 0.279 e. The lowest BCUT2D eigenvalue weighted by Gasteiger charge is -2.21. The van der Waals surface area contributed by atoms with Crippen LogP contribution < -0.4 is 10.5 Å². The summed E-state index contributed by atoms with van der Waals surface area (Å²) in [4.78, 5) is 0. The summed E-state index contributed by atoms with van der Waals surface area (Å²) in [6.07, 6.45) is 1.77. The Kier molecular flexibility index (Phi) is 7.14. The van der Waals surface area contributed by atoms with Crippen molar-refractivity contribution < 1.29 is 8.42 Å². The van der Waals surface area contributed by atoms with E-state index in [2.05, 4.69) is 11.6 Å². The monoisotopic (exact) mass is 251 g/mol. The zero-order valence-corrected chi connectivity index (χ0v) is 11.5. The van der Waals surface area contributed by atoms with Crippen molar-refractivity contribution in [1.29, 1.82) is 0 Å². The molecule has 0 amide bonds. The van der Waals surface area contributed by atoms with Crippen LogP contribution in [0.15, 0.2) is 0 Å². The maximum atomic E-state index is 11.7. The van der Waals surface area contributed by atoms with Gasteiger partial charge in [0.1, 0.15) is 0 Å². The van der Waals surface area contributed by atoms with E-state index < -0.39 is 10.2 Å². The Morgan fingerprint density at radius 2 is 1.88 bits per heavy atom. The fourth-order valence-electron chi connectivity index (χ4n) is 1.15. The van der Waals surface area contributed by atoms with E-state index in [1.54, 1.807) is 7.05 Å². The van der Waals surface area contributed by atoms with Gasteiger partial charge in [0.05, 0.1) is 0 Å². The van der Waals surface area contributed by atoms with Gasteiger partial charge in [-0.1, -0.05) is 6.92 Å². The van der Waals surface area contributed by atoms with Crippen molar-refractivity contribution in [2.24, 2.45) is 11.7 Å². The van der Waals surface area contributed by atoms with Crippen molar-refractivity contribution in [1.82, 2.24) is 9.03 Å². The first-order chi connectivity index (χ1) is 7.31. The standard InChI is InChI=1S/C10H25N3O2S/c1-9(2)13(4)16(14,15)12-7-5-6-10(3)8-11/h9-10,12H,5-8,11H2,1-4H3. The summed E-state index contributed by atoms with van der Waals surface area (Å²) in [6, 6.07) is -0.0273. The molecular weight excluding hydrogens is 226 g/mol. The molecule has 0 aliphatic rings. The molecule has 0 heterocycles. The minimum Gasteiger partial charge on any atom is -0.330 e. The third-order valence-electron chi connectivity index (χ3n) is 2.67. The number of hydrogen-bond acceptors (Lipinski definition) is 3. The third kappa shape index (κ3) is 5.79. The van der Waals surface area contributed by atoms with Gasteiger partial charge in [-0.05, 0) is 39.2 Å². The molecule has 0 fully saturated rings. The summed E-state index contributed by atoms with van der Waals surface area (Å²) in [5, 5.41) is 0. The Balaban J connectivity index is 3.93. The normalized spacial score (nSPS) is 14.7. The molecule has 0 aliphatic carbocycles. The molecule has 1 atom stereocenters. The molecule has 98 valence electrons. The zero-order valence-electron chi connectivity index (χ0n) is 10.7. The van der Waals surface area contributed by atoms with Gasteiger partial charge in [0.15, 0.2) is 0 Å². The van der Waals surface area contributed by atoms with Gasteiger partial charge in [0, 0.05) is 19.6 Å². The topological polar surface area (TPSA) is 75.4 Å². The Morgan fingerprint density at radius 1 is 1.31 bits per heavy atom. The van der Waals surface area contributed by atoms with E-state index in [4.69, 9.17) is 5.73 Å². The van der Waals surface area contributed by atoms with Crippen LogP contribution in [-0.2, 0) is 10.2 Å². The van der Waals surface area contributed by atoms with Crippen molar-refractivity contribution in [3.05, 3.63) is 0 Å². The molecule has 0 rings (SSSR count). The lowest BCUT2D eigenvalue weighted by atomic mass is 10.1. The lowest BCUT2D eigenvalue weighted by Crippen LogP contribution is -2.42. The van der Waals surface area contributed by atoms with E-state index in [-0.39, 0.29) is 6.04 Å². The predicted octanol–water partition coefficient (Wildman–Crippen LogP) is 0.536. The molecule has 6 heteroatoms. The average Bonchev–Trinajstić information content (AvgIpc) is 2.22. The van der Waals surface area contributed by atoms with Gasteiger partial charge in [-0.15, -0.1) is 0 Å². The molecule has 0 saturated heterocycles. The molecular formula is C10H25N3O2S. The quantitative estimate of drug-likeness (QED) is 0.618. The van der Waals surface area contributed by atoms with Gasteiger partial charge < -0.3 is 5.73 Å². The van der Waals surface area contributed by atoms with Crippen LogP contribution >= 0.6 is 0 Å². The first-order valence-corrected chi connectivity index (χ1v) is 7.18. The van der Waals surface area contributed by atoms with E-state index in [9.17, 15) is 8.42 Å². The maximum absolute atomic E-state index is 11.7. The van der Waals surface area contributed by atoms with Crippen LogP contribution in [0.5, 0.6) is 0 Å². The van der Waals surface area contributed by atoms with E-state index in [1.165, 1.54) is 4.31 Å². The highest BCUT2D eigenvalue weighted by molar-refractivity contribution is 7.87. The highest BCUT2D eigenvalue weighted by Crippen LogP contribution is 2.04. The molecule has 0 aliphatic heterocycles. The largest absolute Gasteiger partial charge is 0.330 e. The van der Waals surface area contributed by atoms with Gasteiger partial charge >= 0.3 is 0 Å². The van der Waals surface area contributed by atoms with Gasteiger partial charge in [0.25, 0.3) is 10.2 Å². The predicted molar refractivity (Wildman–Crippen MR) is 67.3 cm³/mol. The van der Waals surface area contributed by atoms with Crippen molar-refractivity contribution >= 4 is 10.2 Å². The van der Waals surface area contributed by atoms with Crippen molar-refractivity contribution in [3.8, 4) is 0 Å². The summed E-state index contributed by atoms with van der Waals surface area (Å²) in [5.74, 6) is 0.451. The van der Waals surface area contributed by atoms with Gasteiger partial charge in [-0.25, -0.2) is 4.72 Å². The van der Waals surface area contributed by atoms with E-state index in [1.807, 2.05) is 13.8 Å². The molecule has 5 nitrogen and oxygen atoms in total. The van der Waals surface area contributed by atoms with Crippen LogP contribution in [0, 0.1) is 5.92 Å². The second-order valence-corrected chi connectivity index (χ2v) is 6.31. The van der Waals surface area contributed by atoms with Crippen LogP contribution in [0.4, 0.5) is 0 Å². The minimum atomic E-state index is -3.31. The molecule has 0 aromatic carbocycles. The van der Waals surface area contributed by atoms with Crippen molar-refractivity contribution in [2.75, 3.05) is 20.1 Å². The van der Waals surface area contributed by atoms with Crippen LogP contribution in [0.25, 0.3) is 0 Å². The van der Waals surface area contributed by atoms with Crippen LogP contribution in [0.3, 0.4) is 0 Å². The van der Waals surface area contributed by atoms with Crippen molar-refractivity contribution in [3.63, 3.8) is 0 Å². The molecule has 0 aromatic heterocycles. The average molecular weight is 251 g/mol. The first-order valence-electron chi connectivity index (χ1n) is 5.74. The fourth-order valence-corrected chi connectivity index (χ4v) is 2.31. The van der Waals surface area contributed by atoms with Gasteiger partial charge in [-0.2, -0.15) is 12.7 Å². The first kappa shape index (κ1) is 15.8. The highest BCUT2D eigenvalue weighted by Gasteiger charge is 2.19. The number of hydrogen-bond donors (Lipinski definition) is 2. The molecule has 1 unspecified atom stereocenters. The fraction of sp³-hybridized carbons (Fsp3) is 1.00. The second kappa shape index (κ2) is 7.21. The number of rotatable bonds is 8. The third-order valence-corrected chi connectivity index (χ3v) is 4.42. The van der Waals surface area contributed by atoms with Gasteiger partial charge in [0.2, 0.25) is 0 Å². The molecule has 0 bridgehead atoms. The smallest absolute Gasteiger partial charge is 0.279 e. The number of nitrogens with zero attached hydrogens (tertiary/aromatic N) is 1. The zero-order chi connectivity index (χ0) is 12.8. The van der Waals surface area contributed by atoms with Crippen LogP contribution in [0.1, 0.15) is 33.6 Å². The van der Waals surface area contributed by atoms with Crippen LogP contribution in [-0.4, -0.2) is 38.9 Å². The Bertz CT molecular complexity index is 278. The second-order valence-electron chi connectivity index (χ2n) is 4.49. The molecule has 0 saturated carbocycles.